The van der Waals surface area contributed by atoms with Crippen LogP contribution in [0.1, 0.15) is 71.1 Å². The van der Waals surface area contributed by atoms with Crippen LogP contribution >= 0.6 is 0 Å². The van der Waals surface area contributed by atoms with E-state index < -0.39 is 0 Å². The lowest BCUT2D eigenvalue weighted by molar-refractivity contribution is -0.133. The van der Waals surface area contributed by atoms with Crippen molar-refractivity contribution in [2.75, 3.05) is 0 Å². The highest BCUT2D eigenvalue weighted by atomic mass is 16.1. The molecule has 23 heavy (non-hydrogen) atoms. The van der Waals surface area contributed by atoms with Crippen molar-refractivity contribution in [3.63, 3.8) is 0 Å². The van der Waals surface area contributed by atoms with Gasteiger partial charge in [0, 0.05) is 36.4 Å². The van der Waals surface area contributed by atoms with E-state index in [9.17, 15) is 9.59 Å². The second-order valence-electron chi connectivity index (χ2n) is 8.48. The first-order valence-corrected chi connectivity index (χ1v) is 9.74. The third-order valence-electron chi connectivity index (χ3n) is 7.02. The molecule has 0 amide bonds. The molecule has 1 heterocycles. The van der Waals surface area contributed by atoms with Crippen LogP contribution in [-0.4, -0.2) is 23.3 Å². The highest BCUT2D eigenvalue weighted by molar-refractivity contribution is 5.94. The van der Waals surface area contributed by atoms with Gasteiger partial charge in [0.1, 0.15) is 11.6 Å². The van der Waals surface area contributed by atoms with Gasteiger partial charge in [-0.3, -0.25) is 14.6 Å². The largest absolute Gasteiger partial charge is 0.299 e. The third kappa shape index (κ3) is 2.81. The molecule has 0 N–H and O–H groups in total. The monoisotopic (exact) mass is 315 g/mol. The third-order valence-corrected chi connectivity index (χ3v) is 7.02. The van der Waals surface area contributed by atoms with Crippen molar-refractivity contribution in [1.82, 2.24) is 0 Å². The van der Waals surface area contributed by atoms with Crippen LogP contribution in [0, 0.1) is 29.6 Å². The fourth-order valence-corrected chi connectivity index (χ4v) is 6.08. The van der Waals surface area contributed by atoms with Crippen molar-refractivity contribution in [1.29, 1.82) is 0 Å². The number of hydrogen-bond donors (Lipinski definition) is 0. The van der Waals surface area contributed by atoms with E-state index in [0.717, 1.165) is 19.3 Å². The number of Topliss-reactive ketones (excluding diaryl/α,β-unsaturated/α-hetero) is 2. The molecule has 6 atom stereocenters. The molecule has 0 aromatic carbocycles. The standard InChI is InChI=1S/C20H29NO2/c1-12-5-4-6-14(21-12)11-17-19(23)10-13-9-18(22)15-7-2-3-8-16(15)20(13)17/h12-13,15-17,20H,2-11H2,1H3/t12-,13+,15+,16+,17-,20+/m1/s1. The SMILES string of the molecule is C[C@@H]1CCCC(C[C@@H]2C(=O)C[C@@H]3CC(=O)[C@H]4CCCC[C@@H]4[C@H]32)=N1. The van der Waals surface area contributed by atoms with Gasteiger partial charge in [0.2, 0.25) is 0 Å². The van der Waals surface area contributed by atoms with Crippen LogP contribution in [0.15, 0.2) is 4.99 Å². The molecule has 1 aliphatic heterocycles. The summed E-state index contributed by atoms with van der Waals surface area (Å²) in [6, 6.07) is 0.432. The molecule has 4 rings (SSSR count). The molecule has 126 valence electrons. The van der Waals surface area contributed by atoms with Crippen LogP contribution in [0.4, 0.5) is 0 Å². The van der Waals surface area contributed by atoms with Crippen molar-refractivity contribution in [2.24, 2.45) is 34.6 Å². The normalized spacial score (nSPS) is 43.8. The summed E-state index contributed by atoms with van der Waals surface area (Å²) in [6.45, 7) is 2.19. The molecule has 0 bridgehead atoms. The fourth-order valence-electron chi connectivity index (χ4n) is 6.08. The Balaban J connectivity index is 1.57. The van der Waals surface area contributed by atoms with Crippen molar-refractivity contribution < 1.29 is 9.59 Å². The Bertz CT molecular complexity index is 538. The van der Waals surface area contributed by atoms with Gasteiger partial charge in [0.05, 0.1) is 0 Å². The molecule has 3 saturated carbocycles. The van der Waals surface area contributed by atoms with E-state index in [1.165, 1.54) is 37.8 Å². The lowest BCUT2D eigenvalue weighted by Crippen LogP contribution is -2.43. The molecule has 0 spiro atoms. The first-order chi connectivity index (χ1) is 11.1. The van der Waals surface area contributed by atoms with E-state index in [-0.39, 0.29) is 11.8 Å². The quantitative estimate of drug-likeness (QED) is 0.773. The van der Waals surface area contributed by atoms with E-state index in [1.54, 1.807) is 0 Å². The topological polar surface area (TPSA) is 46.5 Å². The van der Waals surface area contributed by atoms with Gasteiger partial charge in [0.15, 0.2) is 0 Å². The zero-order valence-electron chi connectivity index (χ0n) is 14.3. The Kier molecular flexibility index (Phi) is 4.15. The second kappa shape index (κ2) is 6.14. The van der Waals surface area contributed by atoms with Crippen molar-refractivity contribution >= 4 is 17.3 Å². The summed E-state index contributed by atoms with van der Waals surface area (Å²) in [4.78, 5) is 30.0. The summed E-state index contributed by atoms with van der Waals surface area (Å²) in [6.07, 6.45) is 10.4. The molecule has 0 aromatic rings. The Morgan fingerprint density at radius 1 is 1.00 bits per heavy atom. The van der Waals surface area contributed by atoms with Gasteiger partial charge < -0.3 is 0 Å². The van der Waals surface area contributed by atoms with E-state index in [2.05, 4.69) is 6.92 Å². The summed E-state index contributed by atoms with van der Waals surface area (Å²) >= 11 is 0. The Hall–Kier alpha value is -0.990. The summed E-state index contributed by atoms with van der Waals surface area (Å²) in [5.74, 6) is 2.65. The van der Waals surface area contributed by atoms with Crippen LogP contribution < -0.4 is 0 Å². The maximum atomic E-state index is 12.7. The number of carbonyl (C=O) groups is 2. The molecule has 4 aliphatic rings. The number of carbonyl (C=O) groups excluding carboxylic acids is 2. The summed E-state index contributed by atoms with van der Waals surface area (Å²) in [5, 5.41) is 0. The molecule has 3 fully saturated rings. The lowest BCUT2D eigenvalue weighted by Gasteiger charge is -2.43. The number of nitrogens with zero attached hydrogens (tertiary/aromatic N) is 1. The first kappa shape index (κ1) is 15.5. The molecular weight excluding hydrogens is 286 g/mol. The minimum absolute atomic E-state index is 0.169. The zero-order valence-corrected chi connectivity index (χ0v) is 14.3. The fraction of sp³-hybridized carbons (Fsp3) is 0.850. The molecular formula is C20H29NO2. The number of aliphatic imine (C=N–C) groups is 1. The molecule has 3 nitrogen and oxygen atoms in total. The maximum absolute atomic E-state index is 12.7. The smallest absolute Gasteiger partial charge is 0.136 e. The summed E-state index contributed by atoms with van der Waals surface area (Å²) in [7, 11) is 0. The van der Waals surface area contributed by atoms with Gasteiger partial charge in [-0.1, -0.05) is 12.8 Å². The molecule has 0 saturated heterocycles. The molecule has 0 unspecified atom stereocenters. The highest BCUT2D eigenvalue weighted by Crippen LogP contribution is 2.53. The van der Waals surface area contributed by atoms with Crippen LogP contribution in [0.25, 0.3) is 0 Å². The Morgan fingerprint density at radius 3 is 2.61 bits per heavy atom. The number of ketones is 2. The van der Waals surface area contributed by atoms with E-state index >= 15 is 0 Å². The predicted octanol–water partition coefficient (Wildman–Crippen LogP) is 3.99. The first-order valence-electron chi connectivity index (χ1n) is 9.74. The van der Waals surface area contributed by atoms with Gasteiger partial charge in [-0.2, -0.15) is 0 Å². The minimum atomic E-state index is 0.169. The zero-order chi connectivity index (χ0) is 16.0. The van der Waals surface area contributed by atoms with E-state index in [4.69, 9.17) is 4.99 Å². The van der Waals surface area contributed by atoms with Crippen LogP contribution in [0.2, 0.25) is 0 Å². The van der Waals surface area contributed by atoms with Gasteiger partial charge >= 0.3 is 0 Å². The average molecular weight is 315 g/mol. The number of hydrogen-bond acceptors (Lipinski definition) is 3. The van der Waals surface area contributed by atoms with Gasteiger partial charge in [-0.25, -0.2) is 0 Å². The molecule has 3 aliphatic carbocycles. The Labute approximate surface area is 139 Å². The van der Waals surface area contributed by atoms with Gasteiger partial charge in [-0.15, -0.1) is 0 Å². The van der Waals surface area contributed by atoms with Crippen molar-refractivity contribution in [3.8, 4) is 0 Å². The van der Waals surface area contributed by atoms with Crippen molar-refractivity contribution in [2.45, 2.75) is 77.2 Å². The molecule has 0 radical (unpaired) electrons. The number of rotatable bonds is 2. The Morgan fingerprint density at radius 2 is 1.78 bits per heavy atom. The average Bonchev–Trinajstić information content (AvgIpc) is 2.83. The van der Waals surface area contributed by atoms with E-state index in [1.807, 2.05) is 0 Å². The lowest BCUT2D eigenvalue weighted by atomic mass is 9.59. The summed E-state index contributed by atoms with van der Waals surface area (Å²) < 4.78 is 0. The van der Waals surface area contributed by atoms with Gasteiger partial charge in [-0.05, 0) is 63.2 Å². The summed E-state index contributed by atoms with van der Waals surface area (Å²) in [5.41, 5.74) is 1.28. The van der Waals surface area contributed by atoms with Gasteiger partial charge in [0.25, 0.3) is 0 Å². The van der Waals surface area contributed by atoms with E-state index in [0.29, 0.717) is 48.2 Å². The van der Waals surface area contributed by atoms with Crippen molar-refractivity contribution in [3.05, 3.63) is 0 Å². The van der Waals surface area contributed by atoms with Crippen LogP contribution in [-0.2, 0) is 9.59 Å². The number of fused-ring (bicyclic) bond motifs is 3. The second-order valence-corrected chi connectivity index (χ2v) is 8.48. The molecule has 3 heteroatoms. The molecule has 0 aromatic heterocycles. The van der Waals surface area contributed by atoms with Crippen LogP contribution in [0.5, 0.6) is 0 Å². The minimum Gasteiger partial charge on any atom is -0.299 e. The maximum Gasteiger partial charge on any atom is 0.136 e. The van der Waals surface area contributed by atoms with Crippen LogP contribution in [0.3, 0.4) is 0 Å². The highest BCUT2D eigenvalue weighted by Gasteiger charge is 2.53. The predicted molar refractivity (Wildman–Crippen MR) is 90.5 cm³/mol.